The van der Waals surface area contributed by atoms with Gasteiger partial charge in [0.05, 0.1) is 8.41 Å². The molecular formula is C14H60BHe2Li. The Balaban J connectivity index is 0. The molecular weight excluding hydrogens is 193 g/mol. The minimum absolute atomic E-state index is 0. The number of rotatable bonds is 0. The molecule has 0 saturated heterocycles. The van der Waals surface area contributed by atoms with Crippen LogP contribution >= 0.6 is 0 Å². The van der Waals surface area contributed by atoms with Crippen molar-refractivity contribution in [3.63, 3.8) is 0 Å². The zero-order valence-electron chi connectivity index (χ0n) is 3.41. The summed E-state index contributed by atoms with van der Waals surface area (Å²) in [5.41, 5.74) is 0. The van der Waals surface area contributed by atoms with Crippen LogP contribution in [0.5, 0.6) is 0 Å². The van der Waals surface area contributed by atoms with Gasteiger partial charge in [-0.3, -0.25) is 0 Å². The molecule has 0 fully saturated rings. The molecule has 0 radical (unpaired) electrons. The molecule has 0 bridgehead atoms. The van der Waals surface area contributed by atoms with E-state index in [1.165, 1.54) is 0 Å². The van der Waals surface area contributed by atoms with Crippen LogP contribution in [0.2, 0.25) is 0 Å². The predicted octanol–water partition coefficient (Wildman–Crippen LogP) is 4.84. The van der Waals surface area contributed by atoms with Gasteiger partial charge in [-0.15, -0.1) is 0 Å². The molecule has 0 aliphatic rings. The maximum Gasteiger partial charge on any atom is 1.00 e. The molecule has 0 rings (SSSR count). The third kappa shape index (κ3) is 17100. The monoisotopic (exact) mass is 254 g/mol. The summed E-state index contributed by atoms with van der Waals surface area (Å²) >= 11 is 0. The van der Waals surface area contributed by atoms with Crippen LogP contribution < -0.4 is 18.9 Å². The summed E-state index contributed by atoms with van der Waals surface area (Å²) < 4.78 is 0. The first kappa shape index (κ1) is 24500. The summed E-state index contributed by atoms with van der Waals surface area (Å²) in [7, 11) is 0. The van der Waals surface area contributed by atoms with E-state index in [-0.39, 0.29) is 145 Å². The molecule has 0 aromatic heterocycles. The Morgan fingerprint density at radius 2 is 0.278 bits per heavy atom. The van der Waals surface area contributed by atoms with Crippen molar-refractivity contribution in [3.05, 3.63) is 0 Å². The van der Waals surface area contributed by atoms with Gasteiger partial charge in [0.1, 0.15) is 0 Å². The van der Waals surface area contributed by atoms with Crippen LogP contribution in [-0.2, 0) is 0 Å². The van der Waals surface area contributed by atoms with E-state index in [1.807, 2.05) is 0 Å². The molecule has 0 unspecified atom stereocenters. The van der Waals surface area contributed by atoms with Gasteiger partial charge in [-0.1, -0.05) is 104 Å². The second kappa shape index (κ2) is 20600. The molecule has 0 aliphatic carbocycles. The minimum Gasteiger partial charge on any atom is -1.00 e. The summed E-state index contributed by atoms with van der Waals surface area (Å²) in [6.45, 7) is 0. The van der Waals surface area contributed by atoms with Crippen LogP contribution in [-0.4, -0.2) is 8.41 Å². The van der Waals surface area contributed by atoms with Crippen molar-refractivity contribution in [1.29, 1.82) is 0 Å². The fraction of sp³-hybridized carbons (Fsp3) is 1.00. The van der Waals surface area contributed by atoms with Gasteiger partial charge in [0.15, 0.2) is 0 Å². The van der Waals surface area contributed by atoms with E-state index < -0.39 is 0 Å². The molecule has 0 spiro atoms. The maximum absolute atomic E-state index is 0. The molecule has 0 aromatic rings. The molecule has 0 aliphatic heterocycles. The smallest absolute Gasteiger partial charge is 1.00 e. The van der Waals surface area contributed by atoms with Crippen LogP contribution in [0.4, 0.5) is 0 Å². The van der Waals surface area contributed by atoms with Crippen LogP contribution in [0.1, 0.15) is 105 Å². The van der Waals surface area contributed by atoms with Crippen LogP contribution in [0.15, 0.2) is 0 Å². The van der Waals surface area contributed by atoms with E-state index >= 15 is 0 Å². The van der Waals surface area contributed by atoms with E-state index in [9.17, 15) is 0 Å². The van der Waals surface area contributed by atoms with Crippen molar-refractivity contribution in [2.24, 2.45) is 0 Å². The van der Waals surface area contributed by atoms with Crippen LogP contribution in [0, 0.1) is 12.3 Å². The van der Waals surface area contributed by atoms with Crippen molar-refractivity contribution in [2.75, 3.05) is 0 Å². The van der Waals surface area contributed by atoms with Gasteiger partial charge in [0.25, 0.3) is 0 Å². The van der Waals surface area contributed by atoms with Crippen molar-refractivity contribution < 1.29 is 32.6 Å². The molecule has 0 heterocycles. The first-order valence-corrected chi connectivity index (χ1v) is 0. The third-order valence-corrected chi connectivity index (χ3v) is 0. The second-order valence-electron chi connectivity index (χ2n) is 0. The molecule has 0 aromatic carbocycles. The van der Waals surface area contributed by atoms with Crippen molar-refractivity contribution in [3.8, 4) is 0 Å². The molecule has 0 N–H and O–H groups in total. The standard InChI is InChI=1S/14CH4.BH3.2He.Li.H/h14*1H4;1H3;;;;/q;;;;;;;;;;;;;;;;;+1;-1/i;;;;;;;;;;;;;;1-1;3*1+0;. The fourth-order valence-corrected chi connectivity index (χ4v) is 0. The number of hydrogen-bond donors (Lipinski definition) is 0. The average Bonchev–Trinajstić information content (AvgIpc) is 0. The first-order valence-electron chi connectivity index (χ1n) is 0. The van der Waals surface area contributed by atoms with Gasteiger partial charge in [0, 0.05) is 12.3 Å². The Bertz CT molecular complexity index is 25.4. The first-order chi connectivity index (χ1) is 0. The Kier molecular flexibility index (Phi) is 27900000. The van der Waals surface area contributed by atoms with Gasteiger partial charge >= 0.3 is 18.9 Å². The average molecular weight is 254 g/mol. The summed E-state index contributed by atoms with van der Waals surface area (Å²) in [6.07, 6.45) is 0. The zero-order valence-corrected chi connectivity index (χ0v) is 2.41. The SMILES string of the molecule is C.C.C.C.C.C.C.C.C.C.C.C.C.C.[10BH3].[4He].[4He].[7Li+].[H-]. The van der Waals surface area contributed by atoms with E-state index in [0.29, 0.717) is 0 Å². The van der Waals surface area contributed by atoms with E-state index in [2.05, 4.69) is 0 Å². The second-order valence-corrected chi connectivity index (χ2v) is 0. The summed E-state index contributed by atoms with van der Waals surface area (Å²) in [6, 6.07) is 0. The van der Waals surface area contributed by atoms with Crippen molar-refractivity contribution >= 4 is 8.41 Å². The maximum atomic E-state index is 0. The topological polar surface area (TPSA) is 0 Å². The number of hydrogen-bond acceptors (Lipinski definition) is 0. The van der Waals surface area contributed by atoms with Gasteiger partial charge in [-0.05, 0) is 0 Å². The fourth-order valence-electron chi connectivity index (χ4n) is 0. The van der Waals surface area contributed by atoms with E-state index in [1.54, 1.807) is 0 Å². The van der Waals surface area contributed by atoms with E-state index in [0.717, 1.165) is 0 Å². The van der Waals surface area contributed by atoms with Crippen molar-refractivity contribution in [1.82, 2.24) is 0 Å². The molecule has 0 saturated carbocycles. The minimum atomic E-state index is 0. The third-order valence-electron chi connectivity index (χ3n) is 0. The zero-order chi connectivity index (χ0) is 0. The van der Waals surface area contributed by atoms with Gasteiger partial charge < -0.3 is 1.43 Å². The summed E-state index contributed by atoms with van der Waals surface area (Å²) in [4.78, 5) is 0. The Hall–Kier alpha value is 0.481. The molecule has 4 heteroatoms. The van der Waals surface area contributed by atoms with Gasteiger partial charge in [-0.2, -0.15) is 0 Å². The Labute approximate surface area is 145 Å². The normalized spacial score (nSPS) is 0. The summed E-state index contributed by atoms with van der Waals surface area (Å²) in [5.74, 6) is 0. The molecule has 18 heavy (non-hydrogen) atoms. The molecule has 124 valence electrons. The predicted molar refractivity (Wildman–Crippen MR) is 105 cm³/mol. The van der Waals surface area contributed by atoms with E-state index in [4.69, 9.17) is 0 Å². The molecule has 0 amide bonds. The molecule has 0 nitrogen and oxygen atoms in total. The largest absolute Gasteiger partial charge is 1.00 e. The van der Waals surface area contributed by atoms with Crippen molar-refractivity contribution in [2.45, 2.75) is 104 Å². The van der Waals surface area contributed by atoms with Gasteiger partial charge in [-0.25, -0.2) is 0 Å². The van der Waals surface area contributed by atoms with Crippen LogP contribution in [0.3, 0.4) is 0 Å². The van der Waals surface area contributed by atoms with Crippen LogP contribution in [0.25, 0.3) is 0 Å². The Morgan fingerprint density at radius 3 is 0.278 bits per heavy atom. The summed E-state index contributed by atoms with van der Waals surface area (Å²) in [5, 5.41) is 0. The molecule has 0 atom stereocenters. The quantitative estimate of drug-likeness (QED) is 0.542. The van der Waals surface area contributed by atoms with Gasteiger partial charge in [0.2, 0.25) is 0 Å². The Morgan fingerprint density at radius 1 is 0.278 bits per heavy atom.